The van der Waals surface area contributed by atoms with Crippen LogP contribution in [0.2, 0.25) is 5.02 Å². The predicted molar refractivity (Wildman–Crippen MR) is 72.8 cm³/mol. The zero-order valence-electron chi connectivity index (χ0n) is 11.4. The molecule has 20 heavy (non-hydrogen) atoms. The third kappa shape index (κ3) is 4.11. The fourth-order valence-corrected chi connectivity index (χ4v) is 1.83. The molecule has 0 aliphatic rings. The highest BCUT2D eigenvalue weighted by molar-refractivity contribution is 6.30. The minimum atomic E-state index is -4.59. The maximum atomic E-state index is 12.9. The molecule has 0 aromatic heterocycles. The van der Waals surface area contributed by atoms with Crippen molar-refractivity contribution in [3.05, 3.63) is 28.8 Å². The number of halogens is 4. The SMILES string of the molecule is CCNC(C)(C)C(=O)Nc1ccc(Cl)cc1C(F)(F)F. The predicted octanol–water partition coefficient (Wildman–Crippen LogP) is 3.69. The Morgan fingerprint density at radius 2 is 1.90 bits per heavy atom. The van der Waals surface area contributed by atoms with Gasteiger partial charge >= 0.3 is 6.18 Å². The minimum Gasteiger partial charge on any atom is -0.324 e. The van der Waals surface area contributed by atoms with Gasteiger partial charge < -0.3 is 10.6 Å². The van der Waals surface area contributed by atoms with Crippen molar-refractivity contribution in [2.45, 2.75) is 32.5 Å². The van der Waals surface area contributed by atoms with E-state index in [0.717, 1.165) is 12.1 Å². The molecule has 1 amide bonds. The van der Waals surface area contributed by atoms with Crippen LogP contribution in [0.25, 0.3) is 0 Å². The maximum absolute atomic E-state index is 12.9. The van der Waals surface area contributed by atoms with Gasteiger partial charge in [-0.1, -0.05) is 18.5 Å². The van der Waals surface area contributed by atoms with E-state index >= 15 is 0 Å². The molecule has 0 aliphatic heterocycles. The Bertz CT molecular complexity index is 501. The number of alkyl halides is 3. The summed E-state index contributed by atoms with van der Waals surface area (Å²) in [4.78, 5) is 12.0. The number of likely N-dealkylation sites (N-methyl/N-ethyl adjacent to an activating group) is 1. The summed E-state index contributed by atoms with van der Waals surface area (Å²) >= 11 is 5.57. The molecular formula is C13H16ClF3N2O. The summed E-state index contributed by atoms with van der Waals surface area (Å²) in [5, 5.41) is 5.14. The van der Waals surface area contributed by atoms with E-state index in [0.29, 0.717) is 6.54 Å². The molecule has 0 aliphatic carbocycles. The summed E-state index contributed by atoms with van der Waals surface area (Å²) in [5.41, 5.74) is -2.25. The van der Waals surface area contributed by atoms with Crippen LogP contribution in [-0.4, -0.2) is 18.0 Å². The molecule has 0 spiro atoms. The first-order valence-corrected chi connectivity index (χ1v) is 6.39. The third-order valence-electron chi connectivity index (χ3n) is 2.72. The second-order valence-electron chi connectivity index (χ2n) is 4.80. The van der Waals surface area contributed by atoms with Crippen LogP contribution in [-0.2, 0) is 11.0 Å². The molecule has 0 fully saturated rings. The van der Waals surface area contributed by atoms with E-state index in [1.54, 1.807) is 20.8 Å². The van der Waals surface area contributed by atoms with Crippen LogP contribution in [0.15, 0.2) is 18.2 Å². The Kier molecular flexibility index (Phi) is 5.05. The molecule has 112 valence electrons. The number of hydrogen-bond acceptors (Lipinski definition) is 2. The lowest BCUT2D eigenvalue weighted by molar-refractivity contribution is -0.137. The van der Waals surface area contributed by atoms with Crippen molar-refractivity contribution in [2.24, 2.45) is 0 Å². The van der Waals surface area contributed by atoms with Gasteiger partial charge in [-0.25, -0.2) is 0 Å². The van der Waals surface area contributed by atoms with Gasteiger partial charge in [0, 0.05) is 5.02 Å². The third-order valence-corrected chi connectivity index (χ3v) is 2.96. The smallest absolute Gasteiger partial charge is 0.324 e. The molecule has 0 radical (unpaired) electrons. The van der Waals surface area contributed by atoms with E-state index in [4.69, 9.17) is 11.6 Å². The maximum Gasteiger partial charge on any atom is 0.418 e. The normalized spacial score (nSPS) is 12.3. The molecule has 0 heterocycles. The van der Waals surface area contributed by atoms with Crippen LogP contribution >= 0.6 is 11.6 Å². The van der Waals surface area contributed by atoms with E-state index in [1.807, 2.05) is 0 Å². The number of hydrogen-bond donors (Lipinski definition) is 2. The number of rotatable bonds is 4. The Balaban J connectivity index is 3.07. The van der Waals surface area contributed by atoms with E-state index in [2.05, 4.69) is 10.6 Å². The summed E-state index contributed by atoms with van der Waals surface area (Å²) < 4.78 is 38.7. The first kappa shape index (κ1) is 16.8. The molecule has 0 bridgehead atoms. The monoisotopic (exact) mass is 308 g/mol. The van der Waals surface area contributed by atoms with Gasteiger partial charge in [0.25, 0.3) is 0 Å². The lowest BCUT2D eigenvalue weighted by Gasteiger charge is -2.25. The molecular weight excluding hydrogens is 293 g/mol. The first-order chi connectivity index (χ1) is 9.08. The van der Waals surface area contributed by atoms with Crippen molar-refractivity contribution in [3.8, 4) is 0 Å². The molecule has 1 rings (SSSR count). The molecule has 0 atom stereocenters. The largest absolute Gasteiger partial charge is 0.418 e. The van der Waals surface area contributed by atoms with Crippen molar-refractivity contribution < 1.29 is 18.0 Å². The highest BCUT2D eigenvalue weighted by Crippen LogP contribution is 2.36. The second-order valence-corrected chi connectivity index (χ2v) is 5.23. The summed E-state index contributed by atoms with van der Waals surface area (Å²) in [6.07, 6.45) is -4.59. The Morgan fingerprint density at radius 3 is 2.40 bits per heavy atom. The van der Waals surface area contributed by atoms with Gasteiger partial charge in [-0.2, -0.15) is 13.2 Å². The lowest BCUT2D eigenvalue weighted by atomic mass is 10.0. The molecule has 2 N–H and O–H groups in total. The molecule has 0 unspecified atom stereocenters. The molecule has 7 heteroatoms. The van der Waals surface area contributed by atoms with Crippen molar-refractivity contribution >= 4 is 23.2 Å². The number of nitrogens with one attached hydrogen (secondary N) is 2. The summed E-state index contributed by atoms with van der Waals surface area (Å²) in [7, 11) is 0. The number of anilines is 1. The van der Waals surface area contributed by atoms with Gasteiger partial charge in [0.15, 0.2) is 0 Å². The van der Waals surface area contributed by atoms with Crippen molar-refractivity contribution in [2.75, 3.05) is 11.9 Å². The Hall–Kier alpha value is -1.27. The van der Waals surface area contributed by atoms with Crippen LogP contribution < -0.4 is 10.6 Å². The molecule has 0 saturated carbocycles. The quantitative estimate of drug-likeness (QED) is 0.891. The van der Waals surface area contributed by atoms with Gasteiger partial charge in [-0.3, -0.25) is 4.79 Å². The average Bonchev–Trinajstić information content (AvgIpc) is 2.30. The minimum absolute atomic E-state index is 0.0405. The fourth-order valence-electron chi connectivity index (χ4n) is 1.66. The summed E-state index contributed by atoms with van der Waals surface area (Å²) in [5.74, 6) is -0.549. The molecule has 1 aromatic rings. The van der Waals surface area contributed by atoms with Crippen molar-refractivity contribution in [3.63, 3.8) is 0 Å². The van der Waals surface area contributed by atoms with Gasteiger partial charge in [-0.05, 0) is 38.6 Å². The topological polar surface area (TPSA) is 41.1 Å². The zero-order chi connectivity index (χ0) is 15.6. The van der Waals surface area contributed by atoms with E-state index < -0.39 is 23.2 Å². The highest BCUT2D eigenvalue weighted by atomic mass is 35.5. The fraction of sp³-hybridized carbons (Fsp3) is 0.462. The average molecular weight is 309 g/mol. The summed E-state index contributed by atoms with van der Waals surface area (Å²) in [6, 6.07) is 3.23. The molecule has 1 aromatic carbocycles. The Labute approximate surface area is 120 Å². The molecule has 0 saturated heterocycles. The number of carbonyl (C=O) groups is 1. The van der Waals surface area contributed by atoms with Crippen LogP contribution in [0.1, 0.15) is 26.3 Å². The van der Waals surface area contributed by atoms with Gasteiger partial charge in [0.2, 0.25) is 5.91 Å². The Morgan fingerprint density at radius 1 is 1.30 bits per heavy atom. The van der Waals surface area contributed by atoms with Crippen LogP contribution in [0, 0.1) is 0 Å². The standard InChI is InChI=1S/C13H16ClF3N2O/c1-4-18-12(2,3)11(20)19-10-6-5-8(14)7-9(10)13(15,16)17/h5-7,18H,4H2,1-3H3,(H,19,20). The number of amides is 1. The van der Waals surface area contributed by atoms with Gasteiger partial charge in [0.05, 0.1) is 16.8 Å². The number of benzene rings is 1. The zero-order valence-corrected chi connectivity index (χ0v) is 12.1. The van der Waals surface area contributed by atoms with E-state index in [1.165, 1.54) is 6.07 Å². The van der Waals surface area contributed by atoms with Crippen molar-refractivity contribution in [1.29, 1.82) is 0 Å². The lowest BCUT2D eigenvalue weighted by Crippen LogP contribution is -2.49. The first-order valence-electron chi connectivity index (χ1n) is 6.01. The van der Waals surface area contributed by atoms with Crippen LogP contribution in [0.4, 0.5) is 18.9 Å². The second kappa shape index (κ2) is 6.01. The van der Waals surface area contributed by atoms with Gasteiger partial charge in [-0.15, -0.1) is 0 Å². The van der Waals surface area contributed by atoms with Crippen molar-refractivity contribution in [1.82, 2.24) is 5.32 Å². The van der Waals surface area contributed by atoms with Crippen LogP contribution in [0.5, 0.6) is 0 Å². The highest BCUT2D eigenvalue weighted by Gasteiger charge is 2.35. The van der Waals surface area contributed by atoms with E-state index in [-0.39, 0.29) is 10.7 Å². The van der Waals surface area contributed by atoms with E-state index in [9.17, 15) is 18.0 Å². The number of carbonyl (C=O) groups excluding carboxylic acids is 1. The molecule has 3 nitrogen and oxygen atoms in total. The van der Waals surface area contributed by atoms with Gasteiger partial charge in [0.1, 0.15) is 0 Å². The summed E-state index contributed by atoms with van der Waals surface area (Å²) in [6.45, 7) is 5.51. The van der Waals surface area contributed by atoms with Crippen LogP contribution in [0.3, 0.4) is 0 Å².